The molecule has 1 aromatic rings. The summed E-state index contributed by atoms with van der Waals surface area (Å²) in [6.45, 7) is 4.06. The zero-order chi connectivity index (χ0) is 12.8. The molecule has 1 aliphatic rings. The highest BCUT2D eigenvalue weighted by atomic mass is 15.2. The van der Waals surface area contributed by atoms with Crippen LogP contribution in [0.25, 0.3) is 0 Å². The smallest absolute Gasteiger partial charge is 0.0240 e. The molecule has 0 aromatic heterocycles. The van der Waals surface area contributed by atoms with Gasteiger partial charge < -0.3 is 5.73 Å². The molecule has 1 atom stereocenters. The van der Waals surface area contributed by atoms with Gasteiger partial charge in [0.25, 0.3) is 0 Å². The van der Waals surface area contributed by atoms with Crippen LogP contribution in [0.5, 0.6) is 0 Å². The molecule has 1 saturated carbocycles. The Morgan fingerprint density at radius 1 is 1.17 bits per heavy atom. The molecule has 2 rings (SSSR count). The fourth-order valence-electron chi connectivity index (χ4n) is 2.99. The molecule has 0 radical (unpaired) electrons. The Labute approximate surface area is 111 Å². The number of hydrogen-bond donors (Lipinski definition) is 1. The second-order valence-electron chi connectivity index (χ2n) is 5.53. The van der Waals surface area contributed by atoms with Crippen molar-refractivity contribution in [3.63, 3.8) is 0 Å². The maximum atomic E-state index is 5.89. The Morgan fingerprint density at radius 2 is 1.83 bits per heavy atom. The van der Waals surface area contributed by atoms with E-state index in [0.717, 1.165) is 19.1 Å². The first-order valence-electron chi connectivity index (χ1n) is 7.31. The van der Waals surface area contributed by atoms with Gasteiger partial charge in [-0.05, 0) is 25.3 Å². The summed E-state index contributed by atoms with van der Waals surface area (Å²) in [5.41, 5.74) is 7.30. The first-order valence-corrected chi connectivity index (χ1v) is 7.31. The van der Waals surface area contributed by atoms with E-state index in [1.807, 2.05) is 0 Å². The third-order valence-corrected chi connectivity index (χ3v) is 4.16. The molecule has 1 unspecified atom stereocenters. The summed E-state index contributed by atoms with van der Waals surface area (Å²) in [4.78, 5) is 2.62. The number of hydrogen-bond acceptors (Lipinski definition) is 2. The molecule has 2 heteroatoms. The fraction of sp³-hybridized carbons (Fsp3) is 0.625. The van der Waals surface area contributed by atoms with Gasteiger partial charge in [-0.15, -0.1) is 0 Å². The van der Waals surface area contributed by atoms with Crippen LogP contribution in [0, 0.1) is 0 Å². The summed E-state index contributed by atoms with van der Waals surface area (Å²) in [6.07, 6.45) is 6.86. The molecule has 1 fully saturated rings. The van der Waals surface area contributed by atoms with Crippen LogP contribution < -0.4 is 5.73 Å². The molecule has 1 aromatic carbocycles. The topological polar surface area (TPSA) is 29.3 Å². The van der Waals surface area contributed by atoms with Crippen molar-refractivity contribution in [3.05, 3.63) is 35.9 Å². The Morgan fingerprint density at radius 3 is 2.44 bits per heavy atom. The zero-order valence-electron chi connectivity index (χ0n) is 11.5. The predicted molar refractivity (Wildman–Crippen MR) is 77.4 cm³/mol. The molecule has 0 amide bonds. The highest BCUT2D eigenvalue weighted by Gasteiger charge is 2.24. The van der Waals surface area contributed by atoms with E-state index in [0.29, 0.717) is 6.04 Å². The van der Waals surface area contributed by atoms with Crippen molar-refractivity contribution < 1.29 is 0 Å². The van der Waals surface area contributed by atoms with Gasteiger partial charge >= 0.3 is 0 Å². The van der Waals surface area contributed by atoms with Crippen molar-refractivity contribution in [2.45, 2.75) is 57.7 Å². The van der Waals surface area contributed by atoms with Crippen LogP contribution in [0.3, 0.4) is 0 Å². The Kier molecular flexibility index (Phi) is 5.21. The Hall–Kier alpha value is -0.860. The average Bonchev–Trinajstić information content (AvgIpc) is 2.46. The van der Waals surface area contributed by atoms with Gasteiger partial charge in [-0.3, -0.25) is 4.90 Å². The first kappa shape index (κ1) is 13.6. The average molecular weight is 246 g/mol. The minimum Gasteiger partial charge on any atom is -0.329 e. The molecular weight excluding hydrogens is 220 g/mol. The van der Waals surface area contributed by atoms with Crippen LogP contribution in [0.15, 0.2) is 30.3 Å². The Balaban J connectivity index is 2.04. The molecule has 0 spiro atoms. The van der Waals surface area contributed by atoms with E-state index >= 15 is 0 Å². The van der Waals surface area contributed by atoms with Crippen molar-refractivity contribution in [3.8, 4) is 0 Å². The van der Waals surface area contributed by atoms with Gasteiger partial charge in [-0.2, -0.15) is 0 Å². The minimum atomic E-state index is 0.480. The van der Waals surface area contributed by atoms with E-state index in [9.17, 15) is 0 Å². The fourth-order valence-corrected chi connectivity index (χ4v) is 2.99. The van der Waals surface area contributed by atoms with E-state index < -0.39 is 0 Å². The summed E-state index contributed by atoms with van der Waals surface area (Å²) >= 11 is 0. The predicted octanol–water partition coefficient (Wildman–Crippen LogP) is 3.17. The second kappa shape index (κ2) is 6.91. The Bertz CT molecular complexity index is 330. The highest BCUT2D eigenvalue weighted by molar-refractivity contribution is 5.14. The molecule has 2 nitrogen and oxygen atoms in total. The van der Waals surface area contributed by atoms with Crippen molar-refractivity contribution in [1.29, 1.82) is 0 Å². The van der Waals surface area contributed by atoms with E-state index in [1.165, 1.54) is 37.7 Å². The van der Waals surface area contributed by atoms with Crippen molar-refractivity contribution in [2.75, 3.05) is 6.54 Å². The molecule has 0 aliphatic heterocycles. The van der Waals surface area contributed by atoms with Gasteiger partial charge in [0.1, 0.15) is 0 Å². The number of benzene rings is 1. The SMILES string of the molecule is CC(CN)N(Cc1ccccc1)C1CCCCC1. The lowest BCUT2D eigenvalue weighted by atomic mass is 9.93. The molecular formula is C16H26N2. The number of rotatable bonds is 5. The third-order valence-electron chi connectivity index (χ3n) is 4.16. The van der Waals surface area contributed by atoms with Crippen LogP contribution in [0.4, 0.5) is 0 Å². The van der Waals surface area contributed by atoms with Crippen LogP contribution >= 0.6 is 0 Å². The lowest BCUT2D eigenvalue weighted by Crippen LogP contribution is -2.45. The molecule has 0 bridgehead atoms. The van der Waals surface area contributed by atoms with Gasteiger partial charge in [0.05, 0.1) is 0 Å². The van der Waals surface area contributed by atoms with Crippen LogP contribution in [0.1, 0.15) is 44.6 Å². The van der Waals surface area contributed by atoms with E-state index in [4.69, 9.17) is 5.73 Å². The van der Waals surface area contributed by atoms with Gasteiger partial charge in [0, 0.05) is 25.2 Å². The van der Waals surface area contributed by atoms with Gasteiger partial charge in [-0.25, -0.2) is 0 Å². The number of nitrogens with zero attached hydrogens (tertiary/aromatic N) is 1. The largest absolute Gasteiger partial charge is 0.329 e. The van der Waals surface area contributed by atoms with Crippen molar-refractivity contribution in [1.82, 2.24) is 4.90 Å². The first-order chi connectivity index (χ1) is 8.81. The van der Waals surface area contributed by atoms with Gasteiger partial charge in [-0.1, -0.05) is 49.6 Å². The molecule has 1 aliphatic carbocycles. The minimum absolute atomic E-state index is 0.480. The molecule has 2 N–H and O–H groups in total. The second-order valence-corrected chi connectivity index (χ2v) is 5.53. The third kappa shape index (κ3) is 3.56. The zero-order valence-corrected chi connectivity index (χ0v) is 11.5. The maximum Gasteiger partial charge on any atom is 0.0240 e. The van der Waals surface area contributed by atoms with Crippen molar-refractivity contribution >= 4 is 0 Å². The summed E-state index contributed by atoms with van der Waals surface area (Å²) in [5, 5.41) is 0. The monoisotopic (exact) mass is 246 g/mol. The molecule has 0 heterocycles. The molecule has 100 valence electrons. The number of nitrogens with two attached hydrogens (primary N) is 1. The van der Waals surface area contributed by atoms with Crippen molar-refractivity contribution in [2.24, 2.45) is 5.73 Å². The summed E-state index contributed by atoms with van der Waals surface area (Å²) in [5.74, 6) is 0. The van der Waals surface area contributed by atoms with E-state index in [1.54, 1.807) is 0 Å². The van der Waals surface area contributed by atoms with Crippen LogP contribution in [0.2, 0.25) is 0 Å². The van der Waals surface area contributed by atoms with Gasteiger partial charge in [0.2, 0.25) is 0 Å². The van der Waals surface area contributed by atoms with E-state index in [-0.39, 0.29) is 0 Å². The van der Waals surface area contributed by atoms with Crippen LogP contribution in [-0.4, -0.2) is 23.5 Å². The highest BCUT2D eigenvalue weighted by Crippen LogP contribution is 2.25. The molecule has 0 saturated heterocycles. The summed E-state index contributed by atoms with van der Waals surface area (Å²) in [6, 6.07) is 12.0. The maximum absolute atomic E-state index is 5.89. The molecule has 18 heavy (non-hydrogen) atoms. The quantitative estimate of drug-likeness (QED) is 0.864. The lowest BCUT2D eigenvalue weighted by Gasteiger charge is -2.38. The van der Waals surface area contributed by atoms with E-state index in [2.05, 4.69) is 42.2 Å². The van der Waals surface area contributed by atoms with Gasteiger partial charge in [0.15, 0.2) is 0 Å². The lowest BCUT2D eigenvalue weighted by molar-refractivity contribution is 0.107. The normalized spacial score (nSPS) is 19.1. The standard InChI is InChI=1S/C16H26N2/c1-14(12-17)18(16-10-6-3-7-11-16)13-15-8-4-2-5-9-15/h2,4-5,8-9,14,16H,3,6-7,10-13,17H2,1H3. The summed E-state index contributed by atoms with van der Waals surface area (Å²) in [7, 11) is 0. The van der Waals surface area contributed by atoms with Crippen LogP contribution in [-0.2, 0) is 6.54 Å². The summed E-state index contributed by atoms with van der Waals surface area (Å²) < 4.78 is 0.